The Bertz CT molecular complexity index is 758. The average Bonchev–Trinajstić information content (AvgIpc) is 2.45. The largest absolute Gasteiger partial charge is 0.487 e. The lowest BCUT2D eigenvalue weighted by Crippen LogP contribution is -2.37. The minimum absolute atomic E-state index is 0.0308. The third kappa shape index (κ3) is 3.11. The Kier molecular flexibility index (Phi) is 3.67. The molecule has 3 rings (SSSR count). The molecule has 0 amide bonds. The van der Waals surface area contributed by atoms with Gasteiger partial charge in [0.2, 0.25) is 0 Å². The summed E-state index contributed by atoms with van der Waals surface area (Å²) in [5, 5.41) is 14.3. The van der Waals surface area contributed by atoms with Crippen molar-refractivity contribution in [2.75, 3.05) is 5.32 Å². The topological polar surface area (TPSA) is 77.3 Å². The molecule has 0 spiro atoms. The first-order valence-corrected chi connectivity index (χ1v) is 7.52. The third-order valence-electron chi connectivity index (χ3n) is 3.95. The lowest BCUT2D eigenvalue weighted by atomic mass is 9.90. The van der Waals surface area contributed by atoms with E-state index in [2.05, 4.69) is 10.3 Å². The SMILES string of the molecule is Cc1nc(NC2CC(C)(C)Oc3ccccc32)ccc1[N+](=O)[O-]. The van der Waals surface area contributed by atoms with Gasteiger partial charge < -0.3 is 10.1 Å². The van der Waals surface area contributed by atoms with E-state index in [1.165, 1.54) is 6.07 Å². The van der Waals surface area contributed by atoms with Gasteiger partial charge in [-0.2, -0.15) is 0 Å². The van der Waals surface area contributed by atoms with Crippen molar-refractivity contribution in [3.63, 3.8) is 0 Å². The second-order valence-electron chi connectivity index (χ2n) is 6.36. The molecule has 1 aliphatic heterocycles. The van der Waals surface area contributed by atoms with Gasteiger partial charge in [0.15, 0.2) is 0 Å². The highest BCUT2D eigenvalue weighted by Crippen LogP contribution is 2.40. The number of rotatable bonds is 3. The van der Waals surface area contributed by atoms with Crippen LogP contribution in [-0.2, 0) is 0 Å². The van der Waals surface area contributed by atoms with Crippen molar-refractivity contribution in [2.24, 2.45) is 0 Å². The zero-order valence-corrected chi connectivity index (χ0v) is 13.4. The predicted octanol–water partition coefficient (Wildman–Crippen LogP) is 4.01. The van der Waals surface area contributed by atoms with Gasteiger partial charge in [-0.25, -0.2) is 4.98 Å². The number of nitro groups is 1. The van der Waals surface area contributed by atoms with E-state index in [0.29, 0.717) is 11.5 Å². The van der Waals surface area contributed by atoms with Gasteiger partial charge in [-0.15, -0.1) is 0 Å². The Balaban J connectivity index is 1.91. The number of para-hydroxylation sites is 1. The van der Waals surface area contributed by atoms with E-state index in [1.807, 2.05) is 38.1 Å². The molecule has 1 N–H and O–H groups in total. The molecule has 0 saturated heterocycles. The molecule has 2 aromatic rings. The van der Waals surface area contributed by atoms with Crippen LogP contribution in [0.1, 0.15) is 37.6 Å². The summed E-state index contributed by atoms with van der Waals surface area (Å²) in [6.45, 7) is 5.74. The molecule has 23 heavy (non-hydrogen) atoms. The van der Waals surface area contributed by atoms with Gasteiger partial charge in [-0.05, 0) is 32.9 Å². The third-order valence-corrected chi connectivity index (χ3v) is 3.95. The number of fused-ring (bicyclic) bond motifs is 1. The maximum atomic E-state index is 10.9. The maximum absolute atomic E-state index is 10.9. The number of aryl methyl sites for hydroxylation is 1. The summed E-state index contributed by atoms with van der Waals surface area (Å²) in [5.74, 6) is 1.49. The summed E-state index contributed by atoms with van der Waals surface area (Å²) in [7, 11) is 0. The molecule has 2 heterocycles. The number of aromatic nitrogens is 1. The van der Waals surface area contributed by atoms with Gasteiger partial charge in [0.1, 0.15) is 22.9 Å². The van der Waals surface area contributed by atoms with Crippen LogP contribution < -0.4 is 10.1 Å². The van der Waals surface area contributed by atoms with Crippen molar-refractivity contribution in [2.45, 2.75) is 38.8 Å². The van der Waals surface area contributed by atoms with E-state index in [0.717, 1.165) is 17.7 Å². The molecular weight excluding hydrogens is 294 g/mol. The summed E-state index contributed by atoms with van der Waals surface area (Å²) >= 11 is 0. The number of ether oxygens (including phenoxy) is 1. The average molecular weight is 313 g/mol. The molecule has 0 aliphatic carbocycles. The van der Waals surface area contributed by atoms with Crippen molar-refractivity contribution in [3.8, 4) is 5.75 Å². The van der Waals surface area contributed by atoms with Gasteiger partial charge in [0, 0.05) is 18.1 Å². The number of nitrogens with one attached hydrogen (secondary N) is 1. The van der Waals surface area contributed by atoms with Crippen LogP contribution in [0.2, 0.25) is 0 Å². The Hall–Kier alpha value is -2.63. The standard InChI is InChI=1S/C17H19N3O3/c1-11-14(20(21)22)8-9-16(18-11)19-13-10-17(2,3)23-15-7-5-4-6-12(13)15/h4-9,13H,10H2,1-3H3,(H,18,19). The van der Waals surface area contributed by atoms with E-state index in [-0.39, 0.29) is 17.3 Å². The monoisotopic (exact) mass is 313 g/mol. The van der Waals surface area contributed by atoms with E-state index in [4.69, 9.17) is 4.74 Å². The lowest BCUT2D eigenvalue weighted by molar-refractivity contribution is -0.385. The number of pyridine rings is 1. The molecule has 1 unspecified atom stereocenters. The highest BCUT2D eigenvalue weighted by molar-refractivity contribution is 5.49. The summed E-state index contributed by atoms with van der Waals surface area (Å²) < 4.78 is 6.01. The Morgan fingerprint density at radius 2 is 2.04 bits per heavy atom. The predicted molar refractivity (Wildman–Crippen MR) is 87.8 cm³/mol. The fourth-order valence-corrected chi connectivity index (χ4v) is 2.94. The van der Waals surface area contributed by atoms with Crippen molar-refractivity contribution in [1.29, 1.82) is 0 Å². The molecule has 120 valence electrons. The van der Waals surface area contributed by atoms with Crippen LogP contribution in [0.25, 0.3) is 0 Å². The minimum atomic E-state index is -0.418. The van der Waals surface area contributed by atoms with Gasteiger partial charge in [-0.3, -0.25) is 10.1 Å². The maximum Gasteiger partial charge on any atom is 0.290 e. The first-order valence-electron chi connectivity index (χ1n) is 7.52. The first-order chi connectivity index (χ1) is 10.9. The van der Waals surface area contributed by atoms with Gasteiger partial charge in [-0.1, -0.05) is 18.2 Å². The first kappa shape index (κ1) is 15.3. The van der Waals surface area contributed by atoms with Crippen molar-refractivity contribution < 1.29 is 9.66 Å². The van der Waals surface area contributed by atoms with Crippen LogP contribution in [0, 0.1) is 17.0 Å². The normalized spacial score (nSPS) is 18.7. The molecule has 0 fully saturated rings. The number of hydrogen-bond acceptors (Lipinski definition) is 5. The number of benzene rings is 1. The molecular formula is C17H19N3O3. The van der Waals surface area contributed by atoms with Crippen LogP contribution in [0.4, 0.5) is 11.5 Å². The van der Waals surface area contributed by atoms with Gasteiger partial charge in [0.25, 0.3) is 5.69 Å². The molecule has 1 aromatic heterocycles. The Labute approximate surface area is 134 Å². The molecule has 6 nitrogen and oxygen atoms in total. The summed E-state index contributed by atoms with van der Waals surface area (Å²) in [6.07, 6.45) is 0.779. The summed E-state index contributed by atoms with van der Waals surface area (Å²) in [4.78, 5) is 14.8. The zero-order chi connectivity index (χ0) is 16.6. The van der Waals surface area contributed by atoms with Crippen LogP contribution in [0.3, 0.4) is 0 Å². The second-order valence-corrected chi connectivity index (χ2v) is 6.36. The second kappa shape index (κ2) is 5.53. The van der Waals surface area contributed by atoms with E-state index < -0.39 is 4.92 Å². The van der Waals surface area contributed by atoms with Crippen LogP contribution in [0.15, 0.2) is 36.4 Å². The number of anilines is 1. The quantitative estimate of drug-likeness (QED) is 0.684. The number of hydrogen-bond donors (Lipinski definition) is 1. The highest BCUT2D eigenvalue weighted by Gasteiger charge is 2.33. The molecule has 0 radical (unpaired) electrons. The van der Waals surface area contributed by atoms with E-state index in [1.54, 1.807) is 13.0 Å². The van der Waals surface area contributed by atoms with Crippen LogP contribution in [0.5, 0.6) is 5.75 Å². The van der Waals surface area contributed by atoms with Crippen LogP contribution in [-0.4, -0.2) is 15.5 Å². The molecule has 1 aliphatic rings. The molecule has 0 bridgehead atoms. The summed E-state index contributed by atoms with van der Waals surface area (Å²) in [5.41, 5.74) is 1.22. The highest BCUT2D eigenvalue weighted by atomic mass is 16.6. The minimum Gasteiger partial charge on any atom is -0.487 e. The Morgan fingerprint density at radius 3 is 2.74 bits per heavy atom. The van der Waals surface area contributed by atoms with E-state index >= 15 is 0 Å². The van der Waals surface area contributed by atoms with Crippen molar-refractivity contribution >= 4 is 11.5 Å². The van der Waals surface area contributed by atoms with Gasteiger partial charge >= 0.3 is 0 Å². The Morgan fingerprint density at radius 1 is 1.30 bits per heavy atom. The molecule has 6 heteroatoms. The fraction of sp³-hybridized carbons (Fsp3) is 0.353. The lowest BCUT2D eigenvalue weighted by Gasteiger charge is -2.38. The molecule has 1 atom stereocenters. The molecule has 0 saturated carbocycles. The van der Waals surface area contributed by atoms with Crippen molar-refractivity contribution in [1.82, 2.24) is 4.98 Å². The van der Waals surface area contributed by atoms with E-state index in [9.17, 15) is 10.1 Å². The number of nitrogens with zero attached hydrogens (tertiary/aromatic N) is 2. The smallest absolute Gasteiger partial charge is 0.290 e. The van der Waals surface area contributed by atoms with Gasteiger partial charge in [0.05, 0.1) is 11.0 Å². The summed E-state index contributed by atoms with van der Waals surface area (Å²) in [6, 6.07) is 11.1. The fourth-order valence-electron chi connectivity index (χ4n) is 2.94. The van der Waals surface area contributed by atoms with Crippen LogP contribution >= 0.6 is 0 Å². The van der Waals surface area contributed by atoms with Crippen molar-refractivity contribution in [3.05, 3.63) is 57.8 Å². The zero-order valence-electron chi connectivity index (χ0n) is 13.4. The molecule has 1 aromatic carbocycles.